The normalized spacial score (nSPS) is 8.83. The van der Waals surface area contributed by atoms with E-state index in [1.54, 1.807) is 0 Å². The van der Waals surface area contributed by atoms with Crippen LogP contribution in [-0.4, -0.2) is 20.5 Å². The zero-order valence-corrected chi connectivity index (χ0v) is 8.71. The van der Waals surface area contributed by atoms with E-state index in [9.17, 15) is 0 Å². The van der Waals surface area contributed by atoms with Gasteiger partial charge in [-0.25, -0.2) is 0 Å². The van der Waals surface area contributed by atoms with Gasteiger partial charge in [0.15, 0.2) is 0 Å². The maximum atomic E-state index is 3.81. The summed E-state index contributed by atoms with van der Waals surface area (Å²) in [6.45, 7) is 5.97. The smallest absolute Gasteiger partial charge is 0.00851 e. The predicted molar refractivity (Wildman–Crippen MR) is 37.9 cm³/mol. The van der Waals surface area contributed by atoms with Gasteiger partial charge in [-0.3, -0.25) is 0 Å². The molecule has 0 aromatic heterocycles. The minimum absolute atomic E-state index is 1.16. The number of hydrogen-bond donors (Lipinski definition) is 0. The molecule has 0 fully saturated rings. The topological polar surface area (TPSA) is 0 Å². The van der Waals surface area contributed by atoms with E-state index in [2.05, 4.69) is 13.5 Å². The zero-order chi connectivity index (χ0) is 5.15. The fourth-order valence-electron chi connectivity index (χ4n) is 0. The van der Waals surface area contributed by atoms with Gasteiger partial charge in [0, 0.05) is 19.0 Å². The van der Waals surface area contributed by atoms with Crippen molar-refractivity contribution in [2.45, 2.75) is 6.92 Å². The van der Waals surface area contributed by atoms with Gasteiger partial charge in [0.25, 0.3) is 0 Å². The first-order valence-electron chi connectivity index (χ1n) is 2.10. The van der Waals surface area contributed by atoms with Gasteiger partial charge in [-0.05, 0) is 0 Å². The highest BCUT2D eigenvalue weighted by molar-refractivity contribution is 6.33. The first kappa shape index (κ1) is 6.04. The quantitative estimate of drug-likeness (QED) is 0.297. The molecule has 0 saturated carbocycles. The van der Waals surface area contributed by atoms with Crippen LogP contribution in [0.2, 0.25) is 0 Å². The Balaban J connectivity index is 3.26. The number of hydrogen-bond acceptors (Lipinski definition) is 0. The molecule has 0 bridgehead atoms. The standard InChI is InChI=1S/C4H11Si2/c1-3(5)4(2)6/h1H2,2,5-6H3/q+1. The van der Waals surface area contributed by atoms with E-state index in [0.29, 0.717) is 0 Å². The minimum atomic E-state index is 1.16. The van der Waals surface area contributed by atoms with Gasteiger partial charge in [0.2, 0.25) is 0 Å². The summed E-state index contributed by atoms with van der Waals surface area (Å²) in [5.41, 5.74) is 1.52. The second kappa shape index (κ2) is 2.26. The average Bonchev–Trinajstić information content (AvgIpc) is 1.36. The predicted octanol–water partition coefficient (Wildman–Crippen LogP) is -1.22. The van der Waals surface area contributed by atoms with E-state index in [4.69, 9.17) is 0 Å². The summed E-state index contributed by atoms with van der Waals surface area (Å²) < 4.78 is 0. The van der Waals surface area contributed by atoms with Crippen molar-refractivity contribution in [2.75, 3.05) is 0 Å². The van der Waals surface area contributed by atoms with Gasteiger partial charge in [0.05, 0.1) is 15.4 Å². The van der Waals surface area contributed by atoms with Crippen molar-refractivity contribution in [3.05, 3.63) is 17.3 Å². The molecule has 0 aliphatic carbocycles. The van der Waals surface area contributed by atoms with Crippen LogP contribution < -0.4 is 0 Å². The molecule has 0 unspecified atom stereocenters. The third-order valence-electron chi connectivity index (χ3n) is 0.854. The van der Waals surface area contributed by atoms with E-state index in [-0.39, 0.29) is 0 Å². The molecule has 0 N–H and O–H groups in total. The molecule has 0 heterocycles. The highest BCUT2D eigenvalue weighted by atomic mass is 28.2. The lowest BCUT2D eigenvalue weighted by Crippen LogP contribution is -1.91. The Morgan fingerprint density at radius 2 is 2.00 bits per heavy atom. The first-order valence-corrected chi connectivity index (χ1v) is 4.10. The summed E-state index contributed by atoms with van der Waals surface area (Å²) >= 11 is 0. The molecule has 0 aromatic rings. The molecule has 0 saturated heterocycles. The molecule has 2 heteroatoms. The zero-order valence-electron chi connectivity index (χ0n) is 4.71. The molecular weight excluding hydrogens is 104 g/mol. The van der Waals surface area contributed by atoms with Crippen LogP contribution in [0.4, 0.5) is 0 Å². The Morgan fingerprint density at radius 3 is 2.00 bits per heavy atom. The molecule has 0 radical (unpaired) electrons. The van der Waals surface area contributed by atoms with Crippen molar-refractivity contribution >= 4 is 20.5 Å². The lowest BCUT2D eigenvalue weighted by atomic mass is 10.5. The Bertz CT molecular complexity index is 56.6. The van der Waals surface area contributed by atoms with Crippen LogP contribution in [0.15, 0.2) is 11.8 Å². The van der Waals surface area contributed by atoms with Crippen LogP contribution in [0.3, 0.4) is 0 Å². The first-order chi connectivity index (χ1) is 2.64. The van der Waals surface area contributed by atoms with Gasteiger partial charge in [-0.15, -0.1) is 0 Å². The van der Waals surface area contributed by atoms with Crippen LogP contribution in [0.5, 0.6) is 0 Å². The van der Waals surface area contributed by atoms with Gasteiger partial charge in [-0.2, -0.15) is 0 Å². The van der Waals surface area contributed by atoms with Gasteiger partial charge >= 0.3 is 0 Å². The fourth-order valence-corrected chi connectivity index (χ4v) is 0. The monoisotopic (exact) mass is 115 g/mol. The largest absolute Gasteiger partial charge is 0.133 e. The minimum Gasteiger partial charge on any atom is 0.00851 e. The highest BCUT2D eigenvalue weighted by Gasteiger charge is 1.97. The Labute approximate surface area is 45.5 Å². The third kappa shape index (κ3) is 2.29. The second-order valence-electron chi connectivity index (χ2n) is 1.78. The van der Waals surface area contributed by atoms with Crippen molar-refractivity contribution in [1.29, 1.82) is 0 Å². The highest BCUT2D eigenvalue weighted by Crippen LogP contribution is 1.97. The van der Waals surface area contributed by atoms with E-state index < -0.39 is 0 Å². The maximum Gasteiger partial charge on any atom is 0.133 e. The molecule has 34 valence electrons. The van der Waals surface area contributed by atoms with Crippen LogP contribution in [0, 0.1) is 5.54 Å². The molecule has 0 aromatic carbocycles. The van der Waals surface area contributed by atoms with Crippen molar-refractivity contribution in [1.82, 2.24) is 0 Å². The van der Waals surface area contributed by atoms with Crippen LogP contribution >= 0.6 is 0 Å². The van der Waals surface area contributed by atoms with Crippen LogP contribution in [0.1, 0.15) is 6.92 Å². The van der Waals surface area contributed by atoms with E-state index in [0.717, 1.165) is 10.2 Å². The fraction of sp³-hybridized carbons (Fsp3) is 0.250. The van der Waals surface area contributed by atoms with Gasteiger partial charge in [0.1, 0.15) is 10.2 Å². The Kier molecular flexibility index (Phi) is 2.27. The van der Waals surface area contributed by atoms with Gasteiger partial charge < -0.3 is 0 Å². The summed E-state index contributed by atoms with van der Waals surface area (Å²) in [5, 5.41) is 1.38. The molecule has 0 amide bonds. The Hall–Kier alpha value is 0.0438. The van der Waals surface area contributed by atoms with Gasteiger partial charge in [-0.1, -0.05) is 0 Å². The van der Waals surface area contributed by atoms with Crippen LogP contribution in [0.25, 0.3) is 0 Å². The molecule has 6 heavy (non-hydrogen) atoms. The molecule has 0 rings (SSSR count). The molecule has 0 aliphatic heterocycles. The summed E-state index contributed by atoms with van der Waals surface area (Å²) in [7, 11) is 2.36. The lowest BCUT2D eigenvalue weighted by molar-refractivity contribution is 1.44. The molecule has 0 nitrogen and oxygen atoms in total. The van der Waals surface area contributed by atoms with Crippen molar-refractivity contribution in [2.24, 2.45) is 0 Å². The summed E-state index contributed by atoms with van der Waals surface area (Å²) in [6, 6.07) is 0. The summed E-state index contributed by atoms with van der Waals surface area (Å²) in [6.07, 6.45) is 0. The van der Waals surface area contributed by atoms with E-state index in [1.807, 2.05) is 0 Å². The molecule has 0 aliphatic rings. The third-order valence-corrected chi connectivity index (χ3v) is 3.71. The van der Waals surface area contributed by atoms with Crippen molar-refractivity contribution in [3.63, 3.8) is 0 Å². The SMILES string of the molecule is C=C([SiH3])[C+](C)[SiH3]. The number of allylic oxidation sites excluding steroid dienone is 1. The van der Waals surface area contributed by atoms with Crippen molar-refractivity contribution < 1.29 is 0 Å². The molecule has 0 atom stereocenters. The maximum absolute atomic E-state index is 3.81. The average molecular weight is 115 g/mol. The summed E-state index contributed by atoms with van der Waals surface area (Å²) in [4.78, 5) is 0. The van der Waals surface area contributed by atoms with E-state index in [1.165, 1.54) is 21.0 Å². The van der Waals surface area contributed by atoms with E-state index >= 15 is 0 Å². The lowest BCUT2D eigenvalue weighted by Gasteiger charge is -1.88. The molecule has 0 spiro atoms. The van der Waals surface area contributed by atoms with Crippen molar-refractivity contribution in [3.8, 4) is 0 Å². The summed E-state index contributed by atoms with van der Waals surface area (Å²) in [5.74, 6) is 0. The Morgan fingerprint density at radius 1 is 1.83 bits per heavy atom. The van der Waals surface area contributed by atoms with Crippen LogP contribution in [-0.2, 0) is 0 Å². The molecular formula is C4H11Si2+. The number of rotatable bonds is 1. The second-order valence-corrected chi connectivity index (χ2v) is 4.49.